The van der Waals surface area contributed by atoms with Gasteiger partial charge >= 0.3 is 5.51 Å². The number of hydrogen-bond acceptors (Lipinski definition) is 5. The fourth-order valence-corrected chi connectivity index (χ4v) is 2.93. The summed E-state index contributed by atoms with van der Waals surface area (Å²) in [6, 6.07) is 7.31. The zero-order chi connectivity index (χ0) is 16.1. The average molecular weight is 344 g/mol. The Labute approximate surface area is 121 Å². The number of carbonyl (C=O) groups is 1. The van der Waals surface area contributed by atoms with Crippen LogP contribution in [-0.4, -0.2) is 36.3 Å². The molecule has 0 radical (unpaired) electrons. The molecule has 10 heteroatoms. The standard InChI is InChI=1S/C11H11F3O5S2/c12-11(13,14)20(16)19-8-9(15)6-7-21(17,18)10-4-2-1-3-5-10/h1-5H,6-8H2. The molecule has 1 rings (SSSR count). The SMILES string of the molecule is O=C(CCS(=O)(=O)c1ccccc1)COS(=O)C(F)(F)F. The summed E-state index contributed by atoms with van der Waals surface area (Å²) < 4.78 is 73.5. The van der Waals surface area contributed by atoms with Crippen molar-refractivity contribution in [3.05, 3.63) is 30.3 Å². The largest absolute Gasteiger partial charge is 0.497 e. The van der Waals surface area contributed by atoms with Crippen LogP contribution in [0, 0.1) is 0 Å². The van der Waals surface area contributed by atoms with Crippen molar-refractivity contribution in [3.63, 3.8) is 0 Å². The van der Waals surface area contributed by atoms with Gasteiger partial charge < -0.3 is 0 Å². The monoisotopic (exact) mass is 344 g/mol. The highest BCUT2D eigenvalue weighted by Gasteiger charge is 2.38. The fraction of sp³-hybridized carbons (Fsp3) is 0.364. The predicted molar refractivity (Wildman–Crippen MR) is 68.3 cm³/mol. The van der Waals surface area contributed by atoms with Gasteiger partial charge in [0.05, 0.1) is 10.6 Å². The number of benzene rings is 1. The molecule has 0 aliphatic carbocycles. The first-order chi connectivity index (χ1) is 9.63. The van der Waals surface area contributed by atoms with Gasteiger partial charge in [0.15, 0.2) is 15.6 Å². The van der Waals surface area contributed by atoms with Crippen LogP contribution < -0.4 is 0 Å². The van der Waals surface area contributed by atoms with E-state index in [-0.39, 0.29) is 4.90 Å². The second-order valence-electron chi connectivity index (χ2n) is 3.86. The molecule has 0 aromatic heterocycles. The minimum absolute atomic E-state index is 0.0117. The van der Waals surface area contributed by atoms with Gasteiger partial charge in [-0.15, -0.1) is 0 Å². The molecule has 0 saturated heterocycles. The maximum absolute atomic E-state index is 11.9. The lowest BCUT2D eigenvalue weighted by Crippen LogP contribution is -2.22. The van der Waals surface area contributed by atoms with Crippen LogP contribution in [0.5, 0.6) is 0 Å². The number of halogens is 3. The Hall–Kier alpha value is -1.26. The van der Waals surface area contributed by atoms with Crippen LogP contribution in [0.25, 0.3) is 0 Å². The molecule has 118 valence electrons. The van der Waals surface area contributed by atoms with Gasteiger partial charge in [-0.05, 0) is 12.1 Å². The first-order valence-corrected chi connectivity index (χ1v) is 8.27. The molecule has 5 nitrogen and oxygen atoms in total. The number of carbonyl (C=O) groups excluding carboxylic acids is 1. The third-order valence-electron chi connectivity index (χ3n) is 2.27. The van der Waals surface area contributed by atoms with Crippen molar-refractivity contribution in [3.8, 4) is 0 Å². The Balaban J connectivity index is 2.49. The Morgan fingerprint density at radius 3 is 2.29 bits per heavy atom. The molecule has 21 heavy (non-hydrogen) atoms. The number of alkyl halides is 3. The Morgan fingerprint density at radius 1 is 1.19 bits per heavy atom. The molecule has 0 bridgehead atoms. The maximum Gasteiger partial charge on any atom is 0.497 e. The van der Waals surface area contributed by atoms with Gasteiger partial charge in [0.2, 0.25) is 0 Å². The second-order valence-corrected chi connectivity index (χ2v) is 7.14. The minimum atomic E-state index is -5.07. The fourth-order valence-electron chi connectivity index (χ4n) is 1.25. The molecule has 0 fully saturated rings. The number of hydrogen-bond donors (Lipinski definition) is 0. The summed E-state index contributed by atoms with van der Waals surface area (Å²) in [7, 11) is -3.70. The molecular formula is C11H11F3O5S2. The first kappa shape index (κ1) is 17.8. The highest BCUT2D eigenvalue weighted by Crippen LogP contribution is 2.20. The van der Waals surface area contributed by atoms with Crippen LogP contribution in [0.3, 0.4) is 0 Å². The summed E-state index contributed by atoms with van der Waals surface area (Å²) in [5.41, 5.74) is -5.07. The lowest BCUT2D eigenvalue weighted by Gasteiger charge is -2.06. The molecule has 0 amide bonds. The topological polar surface area (TPSA) is 77.5 Å². The van der Waals surface area contributed by atoms with Crippen molar-refractivity contribution >= 4 is 26.7 Å². The predicted octanol–water partition coefficient (Wildman–Crippen LogP) is 1.62. The normalized spacial score (nSPS) is 13.9. The molecule has 1 aromatic rings. The van der Waals surface area contributed by atoms with E-state index in [1.165, 1.54) is 24.3 Å². The van der Waals surface area contributed by atoms with E-state index in [0.29, 0.717) is 0 Å². The summed E-state index contributed by atoms with van der Waals surface area (Å²) in [6.45, 7) is -1.06. The van der Waals surface area contributed by atoms with Gasteiger partial charge in [-0.2, -0.15) is 13.2 Å². The molecule has 0 aliphatic heterocycles. The molecule has 1 unspecified atom stereocenters. The smallest absolute Gasteiger partial charge is 0.297 e. The van der Waals surface area contributed by atoms with E-state index in [2.05, 4.69) is 4.18 Å². The van der Waals surface area contributed by atoms with E-state index in [4.69, 9.17) is 0 Å². The molecule has 0 heterocycles. The summed E-state index contributed by atoms with van der Waals surface area (Å²) in [6.07, 6.45) is -0.522. The summed E-state index contributed by atoms with van der Waals surface area (Å²) in [5, 5.41) is 0. The van der Waals surface area contributed by atoms with E-state index in [1.807, 2.05) is 0 Å². The van der Waals surface area contributed by atoms with Gasteiger partial charge in [-0.3, -0.25) is 8.98 Å². The van der Waals surface area contributed by atoms with E-state index in [0.717, 1.165) is 0 Å². The van der Waals surface area contributed by atoms with Crippen molar-refractivity contribution in [1.29, 1.82) is 0 Å². The van der Waals surface area contributed by atoms with E-state index >= 15 is 0 Å². The van der Waals surface area contributed by atoms with Crippen LogP contribution in [-0.2, 0) is 29.9 Å². The van der Waals surface area contributed by atoms with Gasteiger partial charge in [-0.25, -0.2) is 12.6 Å². The Bertz CT molecular complexity index is 610. The third-order valence-corrected chi connectivity index (χ3v) is 4.71. The zero-order valence-corrected chi connectivity index (χ0v) is 12.1. The Kier molecular flexibility index (Phi) is 6.05. The molecule has 0 N–H and O–H groups in total. The Morgan fingerprint density at radius 2 is 1.76 bits per heavy atom. The van der Waals surface area contributed by atoms with Gasteiger partial charge in [0.25, 0.3) is 11.1 Å². The number of sulfone groups is 1. The molecule has 0 spiro atoms. The minimum Gasteiger partial charge on any atom is -0.297 e. The summed E-state index contributed by atoms with van der Waals surface area (Å²) >= 11 is -3.59. The van der Waals surface area contributed by atoms with Crippen LogP contribution in [0.2, 0.25) is 0 Å². The zero-order valence-electron chi connectivity index (χ0n) is 10.5. The molecular weight excluding hydrogens is 333 g/mol. The molecule has 1 atom stereocenters. The number of ketones is 1. The first-order valence-electron chi connectivity index (χ1n) is 5.54. The lowest BCUT2D eigenvalue weighted by molar-refractivity contribution is -0.120. The molecule has 1 aromatic carbocycles. The van der Waals surface area contributed by atoms with Crippen LogP contribution in [0.1, 0.15) is 6.42 Å². The number of Topliss-reactive ketones (excluding diaryl/α,β-unsaturated/α-hetero) is 1. The van der Waals surface area contributed by atoms with Crippen molar-refractivity contribution < 1.29 is 34.8 Å². The summed E-state index contributed by atoms with van der Waals surface area (Å²) in [4.78, 5) is 11.3. The number of rotatable bonds is 7. The van der Waals surface area contributed by atoms with Gasteiger partial charge in [0.1, 0.15) is 6.61 Å². The lowest BCUT2D eigenvalue weighted by atomic mass is 10.3. The molecule has 0 saturated carbocycles. The van der Waals surface area contributed by atoms with Crippen LogP contribution >= 0.6 is 0 Å². The second kappa shape index (κ2) is 7.14. The van der Waals surface area contributed by atoms with E-state index < -0.39 is 51.0 Å². The highest BCUT2D eigenvalue weighted by atomic mass is 32.2. The summed E-state index contributed by atoms with van der Waals surface area (Å²) in [5.74, 6) is -1.44. The van der Waals surface area contributed by atoms with Gasteiger partial charge in [-0.1, -0.05) is 18.2 Å². The van der Waals surface area contributed by atoms with E-state index in [9.17, 15) is 30.6 Å². The van der Waals surface area contributed by atoms with Crippen LogP contribution in [0.15, 0.2) is 35.2 Å². The van der Waals surface area contributed by atoms with Crippen LogP contribution in [0.4, 0.5) is 13.2 Å². The average Bonchev–Trinajstić information content (AvgIpc) is 2.42. The van der Waals surface area contributed by atoms with Crippen molar-refractivity contribution in [1.82, 2.24) is 0 Å². The van der Waals surface area contributed by atoms with Gasteiger partial charge in [0, 0.05) is 6.42 Å². The molecule has 0 aliphatic rings. The highest BCUT2D eigenvalue weighted by molar-refractivity contribution is 7.91. The maximum atomic E-state index is 11.9. The third kappa shape index (κ3) is 5.94. The quantitative estimate of drug-likeness (QED) is 0.751. The van der Waals surface area contributed by atoms with Crippen molar-refractivity contribution in [2.75, 3.05) is 12.4 Å². The van der Waals surface area contributed by atoms with Crippen molar-refractivity contribution in [2.24, 2.45) is 0 Å². The van der Waals surface area contributed by atoms with E-state index in [1.54, 1.807) is 6.07 Å². The van der Waals surface area contributed by atoms with Crippen molar-refractivity contribution in [2.45, 2.75) is 16.8 Å².